The second kappa shape index (κ2) is 6.78. The van der Waals surface area contributed by atoms with E-state index in [1.54, 1.807) is 43.5 Å². The molecule has 0 fully saturated rings. The van der Waals surface area contributed by atoms with Crippen LogP contribution in [-0.2, 0) is 0 Å². The summed E-state index contributed by atoms with van der Waals surface area (Å²) in [5.41, 5.74) is 0.967. The minimum Gasteiger partial charge on any atom is -0.497 e. The number of ketones is 1. The summed E-state index contributed by atoms with van der Waals surface area (Å²) in [5, 5.41) is 9.05. The summed E-state index contributed by atoms with van der Waals surface area (Å²) in [6.45, 7) is -0.127. The molecule has 21 heavy (non-hydrogen) atoms. The third-order valence-corrected chi connectivity index (χ3v) is 3.13. The molecule has 0 heterocycles. The molecular weight excluding hydrogens is 290 g/mol. The first-order valence-corrected chi connectivity index (χ1v) is 6.51. The fourth-order valence-corrected chi connectivity index (χ4v) is 1.93. The number of carbonyl (C=O) groups excluding carboxylic acids is 1. The molecule has 0 radical (unpaired) electrons. The van der Waals surface area contributed by atoms with E-state index in [4.69, 9.17) is 26.3 Å². The standard InChI is InChI=1S/C16H12ClNO3/c1-20-13-5-3-12(4-6-13)15(19)10-21-16-7-2-11(9-18)8-14(16)17/h2-8H,10H2,1H3. The molecule has 0 unspecified atom stereocenters. The second-order valence-electron chi connectivity index (χ2n) is 4.20. The van der Waals surface area contributed by atoms with Gasteiger partial charge in [-0.2, -0.15) is 5.26 Å². The van der Waals surface area contributed by atoms with E-state index in [9.17, 15) is 4.79 Å². The minimum atomic E-state index is -0.168. The van der Waals surface area contributed by atoms with E-state index in [0.717, 1.165) is 0 Å². The average Bonchev–Trinajstić information content (AvgIpc) is 2.53. The number of carbonyl (C=O) groups is 1. The molecule has 0 aliphatic carbocycles. The van der Waals surface area contributed by atoms with Gasteiger partial charge in [0.05, 0.1) is 23.8 Å². The molecule has 0 N–H and O–H groups in total. The summed E-state index contributed by atoms with van der Waals surface area (Å²) in [5.74, 6) is 0.887. The Morgan fingerprint density at radius 3 is 2.52 bits per heavy atom. The lowest BCUT2D eigenvalue weighted by Crippen LogP contribution is -2.11. The summed E-state index contributed by atoms with van der Waals surface area (Å²) in [7, 11) is 1.56. The van der Waals surface area contributed by atoms with Gasteiger partial charge < -0.3 is 9.47 Å². The summed E-state index contributed by atoms with van der Waals surface area (Å²) < 4.78 is 10.4. The van der Waals surface area contributed by atoms with Crippen LogP contribution in [0.2, 0.25) is 5.02 Å². The smallest absolute Gasteiger partial charge is 0.200 e. The van der Waals surface area contributed by atoms with Crippen molar-refractivity contribution in [2.75, 3.05) is 13.7 Å². The number of Topliss-reactive ketones (excluding diaryl/α,β-unsaturated/α-hetero) is 1. The van der Waals surface area contributed by atoms with Crippen molar-refractivity contribution in [2.24, 2.45) is 0 Å². The lowest BCUT2D eigenvalue weighted by Gasteiger charge is -2.08. The summed E-state index contributed by atoms with van der Waals surface area (Å²) >= 11 is 5.97. The molecule has 2 rings (SSSR count). The quantitative estimate of drug-likeness (QED) is 0.793. The van der Waals surface area contributed by atoms with E-state index in [0.29, 0.717) is 27.6 Å². The molecular formula is C16H12ClNO3. The van der Waals surface area contributed by atoms with Crippen molar-refractivity contribution in [1.29, 1.82) is 5.26 Å². The van der Waals surface area contributed by atoms with Gasteiger partial charge in [0.15, 0.2) is 12.4 Å². The maximum absolute atomic E-state index is 12.0. The molecule has 106 valence electrons. The van der Waals surface area contributed by atoms with Crippen molar-refractivity contribution >= 4 is 17.4 Å². The van der Waals surface area contributed by atoms with Gasteiger partial charge in [0, 0.05) is 5.56 Å². The Morgan fingerprint density at radius 1 is 1.24 bits per heavy atom. The zero-order chi connectivity index (χ0) is 15.2. The summed E-state index contributed by atoms with van der Waals surface area (Å²) in [6.07, 6.45) is 0. The monoisotopic (exact) mass is 301 g/mol. The molecule has 0 aliphatic heterocycles. The third kappa shape index (κ3) is 3.74. The normalized spacial score (nSPS) is 9.76. The lowest BCUT2D eigenvalue weighted by molar-refractivity contribution is 0.0921. The molecule has 0 amide bonds. The van der Waals surface area contributed by atoms with Crippen LogP contribution < -0.4 is 9.47 Å². The Balaban J connectivity index is 2.02. The molecule has 4 nitrogen and oxygen atoms in total. The molecule has 0 saturated heterocycles. The molecule has 5 heteroatoms. The van der Waals surface area contributed by atoms with Crippen molar-refractivity contribution in [3.63, 3.8) is 0 Å². The van der Waals surface area contributed by atoms with Gasteiger partial charge >= 0.3 is 0 Å². The van der Waals surface area contributed by atoms with Crippen LogP contribution in [-0.4, -0.2) is 19.5 Å². The highest BCUT2D eigenvalue weighted by atomic mass is 35.5. The van der Waals surface area contributed by atoms with E-state index in [-0.39, 0.29) is 12.4 Å². The van der Waals surface area contributed by atoms with Crippen molar-refractivity contribution < 1.29 is 14.3 Å². The van der Waals surface area contributed by atoms with Gasteiger partial charge in [-0.15, -0.1) is 0 Å². The van der Waals surface area contributed by atoms with Gasteiger partial charge in [-0.05, 0) is 42.5 Å². The second-order valence-corrected chi connectivity index (χ2v) is 4.60. The van der Waals surface area contributed by atoms with Crippen LogP contribution in [0.25, 0.3) is 0 Å². The highest BCUT2D eigenvalue weighted by Gasteiger charge is 2.09. The summed E-state index contributed by atoms with van der Waals surface area (Å²) in [6, 6.07) is 13.4. The average molecular weight is 302 g/mol. The van der Waals surface area contributed by atoms with Crippen molar-refractivity contribution in [1.82, 2.24) is 0 Å². The van der Waals surface area contributed by atoms with E-state index >= 15 is 0 Å². The van der Waals surface area contributed by atoms with Crippen LogP contribution in [0.15, 0.2) is 42.5 Å². The first-order chi connectivity index (χ1) is 10.1. The van der Waals surface area contributed by atoms with Gasteiger partial charge in [0.1, 0.15) is 11.5 Å². The van der Waals surface area contributed by atoms with E-state index in [2.05, 4.69) is 0 Å². The molecule has 2 aromatic carbocycles. The maximum Gasteiger partial charge on any atom is 0.200 e. The predicted molar refractivity (Wildman–Crippen MR) is 79.0 cm³/mol. The minimum absolute atomic E-state index is 0.127. The Morgan fingerprint density at radius 2 is 1.95 bits per heavy atom. The number of rotatable bonds is 5. The highest BCUT2D eigenvalue weighted by molar-refractivity contribution is 6.32. The molecule has 0 saturated carbocycles. The Kier molecular flexibility index (Phi) is 4.81. The Labute approximate surface area is 127 Å². The Hall–Kier alpha value is -2.51. The number of hydrogen-bond acceptors (Lipinski definition) is 4. The zero-order valence-electron chi connectivity index (χ0n) is 11.3. The van der Waals surface area contributed by atoms with Gasteiger partial charge in [-0.3, -0.25) is 4.79 Å². The highest BCUT2D eigenvalue weighted by Crippen LogP contribution is 2.25. The van der Waals surface area contributed by atoms with Crippen LogP contribution in [0.3, 0.4) is 0 Å². The first-order valence-electron chi connectivity index (χ1n) is 6.13. The lowest BCUT2D eigenvalue weighted by atomic mass is 10.1. The number of nitriles is 1. The van der Waals surface area contributed by atoms with Crippen LogP contribution in [0, 0.1) is 11.3 Å². The Bertz CT molecular complexity index is 690. The predicted octanol–water partition coefficient (Wildman–Crippen LogP) is 3.48. The van der Waals surface area contributed by atoms with E-state index < -0.39 is 0 Å². The van der Waals surface area contributed by atoms with Gasteiger partial charge in [0.25, 0.3) is 0 Å². The van der Waals surface area contributed by atoms with E-state index in [1.165, 1.54) is 6.07 Å². The topological polar surface area (TPSA) is 59.3 Å². The third-order valence-electron chi connectivity index (χ3n) is 2.83. The van der Waals surface area contributed by atoms with Crippen LogP contribution in [0.4, 0.5) is 0 Å². The van der Waals surface area contributed by atoms with Crippen LogP contribution in [0.1, 0.15) is 15.9 Å². The molecule has 0 aliphatic rings. The number of ether oxygens (including phenoxy) is 2. The number of benzene rings is 2. The first kappa shape index (κ1) is 14.9. The number of methoxy groups -OCH3 is 1. The fourth-order valence-electron chi connectivity index (χ4n) is 1.69. The largest absolute Gasteiger partial charge is 0.497 e. The number of hydrogen-bond donors (Lipinski definition) is 0. The van der Waals surface area contributed by atoms with E-state index in [1.807, 2.05) is 6.07 Å². The fraction of sp³-hybridized carbons (Fsp3) is 0.125. The molecule has 2 aromatic rings. The zero-order valence-corrected chi connectivity index (χ0v) is 12.1. The van der Waals surface area contributed by atoms with Crippen LogP contribution >= 0.6 is 11.6 Å². The number of halogens is 1. The maximum atomic E-state index is 12.0. The molecule has 0 atom stereocenters. The van der Waals surface area contributed by atoms with Gasteiger partial charge in [-0.25, -0.2) is 0 Å². The van der Waals surface area contributed by atoms with Crippen molar-refractivity contribution in [3.8, 4) is 17.6 Å². The van der Waals surface area contributed by atoms with Crippen LogP contribution in [0.5, 0.6) is 11.5 Å². The van der Waals surface area contributed by atoms with Gasteiger partial charge in [0.2, 0.25) is 0 Å². The molecule has 0 aromatic heterocycles. The summed E-state index contributed by atoms with van der Waals surface area (Å²) in [4.78, 5) is 12.0. The SMILES string of the molecule is COc1ccc(C(=O)COc2ccc(C#N)cc2Cl)cc1. The van der Waals surface area contributed by atoms with Crippen molar-refractivity contribution in [2.45, 2.75) is 0 Å². The van der Waals surface area contributed by atoms with Gasteiger partial charge in [-0.1, -0.05) is 11.6 Å². The molecule has 0 spiro atoms. The van der Waals surface area contributed by atoms with Crippen molar-refractivity contribution in [3.05, 3.63) is 58.6 Å². The molecule has 0 bridgehead atoms. The number of nitrogens with zero attached hydrogens (tertiary/aromatic N) is 1.